The molecule has 0 saturated heterocycles. The van der Waals surface area contributed by atoms with Crippen LogP contribution in [0.4, 0.5) is 28.4 Å². The Morgan fingerprint density at radius 1 is 0.974 bits per heavy atom. The Bertz CT molecular complexity index is 1160. The number of nitrogens with zero attached hydrogens (tertiary/aromatic N) is 4. The van der Waals surface area contributed by atoms with Crippen LogP contribution in [0.5, 0.6) is 5.88 Å². The molecule has 2 aromatic heterocycles. The zero-order chi connectivity index (χ0) is 29.2. The number of alkyl halides is 3. The van der Waals surface area contributed by atoms with Gasteiger partial charge in [0.15, 0.2) is 5.69 Å². The third-order valence-corrected chi connectivity index (χ3v) is 5.20. The molecular formula is C25H33F3N4O7. The number of carbonyl (C=O) groups excluding carboxylic acids is 2. The van der Waals surface area contributed by atoms with Crippen LogP contribution < -0.4 is 9.64 Å². The van der Waals surface area contributed by atoms with Crippen LogP contribution in [0.1, 0.15) is 91.2 Å². The van der Waals surface area contributed by atoms with Gasteiger partial charge < -0.3 is 23.7 Å². The number of rotatable bonds is 1. The molecule has 4 bridgehead atoms. The first-order chi connectivity index (χ1) is 18.0. The summed E-state index contributed by atoms with van der Waals surface area (Å²) in [6.45, 7) is 9.04. The fourth-order valence-corrected chi connectivity index (χ4v) is 3.56. The fourth-order valence-electron chi connectivity index (χ4n) is 3.56. The molecule has 2 aromatic rings. The van der Waals surface area contributed by atoms with Crippen molar-refractivity contribution < 1.29 is 46.5 Å². The van der Waals surface area contributed by atoms with Crippen LogP contribution in [-0.2, 0) is 15.7 Å². The summed E-state index contributed by atoms with van der Waals surface area (Å²) in [5.41, 5.74) is -4.76. The molecule has 39 heavy (non-hydrogen) atoms. The average molecular weight is 559 g/mol. The van der Waals surface area contributed by atoms with E-state index in [1.807, 2.05) is 0 Å². The van der Waals surface area contributed by atoms with Gasteiger partial charge in [0.1, 0.15) is 22.9 Å². The van der Waals surface area contributed by atoms with Gasteiger partial charge in [0.05, 0.1) is 12.3 Å². The third kappa shape index (κ3) is 8.04. The number of anilines is 1. The highest BCUT2D eigenvalue weighted by atomic mass is 19.4. The molecule has 1 N–H and O–H groups in total. The first-order valence-electron chi connectivity index (χ1n) is 12.5. The van der Waals surface area contributed by atoms with Crippen molar-refractivity contribution in [3.05, 3.63) is 17.5 Å². The average Bonchev–Trinajstić information content (AvgIpc) is 3.25. The molecule has 0 spiro atoms. The molecule has 1 atom stereocenters. The van der Waals surface area contributed by atoms with Gasteiger partial charge in [-0.25, -0.2) is 14.6 Å². The molecule has 1 aliphatic heterocycles. The third-order valence-electron chi connectivity index (χ3n) is 5.20. The lowest BCUT2D eigenvalue weighted by molar-refractivity contribution is -0.139. The van der Waals surface area contributed by atoms with Gasteiger partial charge in [-0.3, -0.25) is 0 Å². The molecule has 11 nitrogen and oxygen atoms in total. The highest BCUT2D eigenvalue weighted by Crippen LogP contribution is 2.42. The molecule has 216 valence electrons. The maximum atomic E-state index is 14.2. The van der Waals surface area contributed by atoms with Crippen molar-refractivity contribution in [1.29, 1.82) is 0 Å². The van der Waals surface area contributed by atoms with Crippen molar-refractivity contribution >= 4 is 17.9 Å². The van der Waals surface area contributed by atoms with Crippen LogP contribution in [0.2, 0.25) is 0 Å². The number of carbonyl (C=O) groups is 2. The van der Waals surface area contributed by atoms with E-state index in [0.717, 1.165) is 0 Å². The minimum Gasteiger partial charge on any atom is -0.477 e. The second-order valence-corrected chi connectivity index (χ2v) is 11.0. The molecule has 2 amide bonds. The van der Waals surface area contributed by atoms with E-state index >= 15 is 0 Å². The van der Waals surface area contributed by atoms with Gasteiger partial charge in [0.2, 0.25) is 11.8 Å². The van der Waals surface area contributed by atoms with Crippen LogP contribution in [0.3, 0.4) is 0 Å². The Labute approximate surface area is 223 Å². The fraction of sp³-hybridized carbons (Fsp3) is 0.640. The van der Waals surface area contributed by atoms with Crippen molar-refractivity contribution in [3.8, 4) is 17.5 Å². The molecule has 0 saturated carbocycles. The van der Waals surface area contributed by atoms with E-state index < -0.39 is 64.4 Å². The number of aliphatic hydroxyl groups is 1. The van der Waals surface area contributed by atoms with Gasteiger partial charge in [-0.05, 0) is 60.5 Å². The molecule has 0 radical (unpaired) electrons. The van der Waals surface area contributed by atoms with Crippen LogP contribution >= 0.6 is 0 Å². The summed E-state index contributed by atoms with van der Waals surface area (Å²) < 4.78 is 64.2. The largest absolute Gasteiger partial charge is 0.477 e. The maximum Gasteiger partial charge on any atom is 0.424 e. The summed E-state index contributed by atoms with van der Waals surface area (Å²) in [4.78, 5) is 30.8. The number of aliphatic hydroxyl groups excluding tert-OH is 1. The van der Waals surface area contributed by atoms with E-state index in [1.165, 1.54) is 41.5 Å². The van der Waals surface area contributed by atoms with E-state index in [1.54, 1.807) is 0 Å². The van der Waals surface area contributed by atoms with Gasteiger partial charge in [0, 0.05) is 0 Å². The van der Waals surface area contributed by atoms with Crippen molar-refractivity contribution in [2.75, 3.05) is 11.5 Å². The standard InChI is InChI=1S/C25H33F3N4O7/c1-23(2,3)38-21(34)32(22(35)39-24(4,5)6)15-13-14(25(26,27)28)18-29-17(15)20-31-30-19(37-20)16(33)11-9-7-8-10-12-36-18/h13,16,33H,7-12H2,1-6H3/t16-/m1/s1. The molecule has 3 rings (SSSR count). The van der Waals surface area contributed by atoms with E-state index in [9.17, 15) is 27.9 Å². The number of amides is 2. The quantitative estimate of drug-likeness (QED) is 0.430. The maximum absolute atomic E-state index is 14.2. The predicted molar refractivity (Wildman–Crippen MR) is 131 cm³/mol. The Kier molecular flexibility index (Phi) is 8.78. The first kappa shape index (κ1) is 30.1. The van der Waals surface area contributed by atoms with Crippen molar-refractivity contribution in [3.63, 3.8) is 0 Å². The van der Waals surface area contributed by atoms with E-state index in [4.69, 9.17) is 18.6 Å². The van der Waals surface area contributed by atoms with Crippen LogP contribution in [0, 0.1) is 0 Å². The highest BCUT2D eigenvalue weighted by Gasteiger charge is 2.42. The Morgan fingerprint density at radius 3 is 2.13 bits per heavy atom. The number of fused-ring (bicyclic) bond motifs is 5. The number of hydrogen-bond acceptors (Lipinski definition) is 10. The van der Waals surface area contributed by atoms with Crippen LogP contribution in [0.15, 0.2) is 10.5 Å². The molecule has 0 fully saturated rings. The summed E-state index contributed by atoms with van der Waals surface area (Å²) >= 11 is 0. The summed E-state index contributed by atoms with van der Waals surface area (Å²) in [7, 11) is 0. The van der Waals surface area contributed by atoms with Crippen molar-refractivity contribution in [2.45, 2.75) is 97.1 Å². The van der Waals surface area contributed by atoms with Crippen molar-refractivity contribution in [1.82, 2.24) is 15.2 Å². The molecule has 3 heterocycles. The molecule has 14 heteroatoms. The number of imide groups is 1. The predicted octanol–water partition coefficient (Wildman–Crippen LogP) is 6.20. The highest BCUT2D eigenvalue weighted by molar-refractivity contribution is 6.11. The smallest absolute Gasteiger partial charge is 0.424 e. The normalized spacial score (nSPS) is 17.0. The van der Waals surface area contributed by atoms with Gasteiger partial charge >= 0.3 is 18.4 Å². The zero-order valence-corrected chi connectivity index (χ0v) is 22.7. The summed E-state index contributed by atoms with van der Waals surface area (Å²) in [5, 5.41) is 18.1. The van der Waals surface area contributed by atoms with Crippen LogP contribution in [0.25, 0.3) is 11.6 Å². The number of aromatic nitrogens is 3. The number of pyridine rings is 1. The lowest BCUT2D eigenvalue weighted by Crippen LogP contribution is -2.44. The van der Waals surface area contributed by atoms with Crippen LogP contribution in [-0.4, -0.2) is 50.3 Å². The lowest BCUT2D eigenvalue weighted by atomic mass is 10.1. The Hall–Kier alpha value is -3.42. The number of halogens is 3. The second-order valence-electron chi connectivity index (χ2n) is 11.0. The molecule has 0 unspecified atom stereocenters. The van der Waals surface area contributed by atoms with Crippen molar-refractivity contribution in [2.24, 2.45) is 0 Å². The van der Waals surface area contributed by atoms with Gasteiger partial charge in [0.25, 0.3) is 5.89 Å². The van der Waals surface area contributed by atoms with E-state index in [0.29, 0.717) is 43.1 Å². The Balaban J connectivity index is 2.30. The second kappa shape index (κ2) is 11.4. The Morgan fingerprint density at radius 2 is 1.56 bits per heavy atom. The number of ether oxygens (including phenoxy) is 3. The molecule has 0 aromatic carbocycles. The lowest BCUT2D eigenvalue weighted by Gasteiger charge is -2.29. The summed E-state index contributed by atoms with van der Waals surface area (Å²) in [6, 6.07) is 0.525. The van der Waals surface area contributed by atoms with E-state index in [-0.39, 0.29) is 12.5 Å². The molecular weight excluding hydrogens is 525 g/mol. The minimum absolute atomic E-state index is 0.0751. The monoisotopic (exact) mass is 558 g/mol. The number of hydrogen-bond donors (Lipinski definition) is 1. The van der Waals surface area contributed by atoms with Gasteiger partial charge in [-0.1, -0.05) is 19.3 Å². The van der Waals surface area contributed by atoms with Gasteiger partial charge in [-0.2, -0.15) is 18.1 Å². The summed E-state index contributed by atoms with van der Waals surface area (Å²) in [6.07, 6.45) is -6.07. The first-order valence-corrected chi connectivity index (χ1v) is 12.5. The zero-order valence-electron chi connectivity index (χ0n) is 22.7. The van der Waals surface area contributed by atoms with E-state index in [2.05, 4.69) is 15.2 Å². The topological polar surface area (TPSA) is 137 Å². The molecule has 0 aliphatic carbocycles. The van der Waals surface area contributed by atoms with Gasteiger partial charge in [-0.15, -0.1) is 10.2 Å². The summed E-state index contributed by atoms with van der Waals surface area (Å²) in [5.74, 6) is -1.45. The molecule has 1 aliphatic rings. The SMILES string of the molecule is CC(C)(C)OC(=O)N(C(=O)OC(C)(C)C)c1cc(C(F)(F)F)c2nc1-c1nnc(o1)[C@H](O)CCCCCCO2. The minimum atomic E-state index is -4.98.